The second kappa shape index (κ2) is 4.86. The van der Waals surface area contributed by atoms with E-state index in [1.54, 1.807) is 0 Å². The van der Waals surface area contributed by atoms with Crippen molar-refractivity contribution in [2.45, 2.75) is 6.92 Å². The molecule has 0 atom stereocenters. The first-order valence-electron chi connectivity index (χ1n) is 6.06. The summed E-state index contributed by atoms with van der Waals surface area (Å²) in [6.45, 7) is 1.87. The largest absolute Gasteiger partial charge is 0.492 e. The van der Waals surface area contributed by atoms with E-state index in [4.69, 9.17) is 0 Å². The van der Waals surface area contributed by atoms with Gasteiger partial charge in [0.25, 0.3) is 0 Å². The molecule has 0 saturated heterocycles. The van der Waals surface area contributed by atoms with Crippen LogP contribution in [0.15, 0.2) is 54.6 Å². The van der Waals surface area contributed by atoms with Crippen molar-refractivity contribution < 1.29 is 5.11 Å². The zero-order valence-corrected chi connectivity index (χ0v) is 11.3. The molecule has 3 rings (SSSR count). The Balaban J connectivity index is 1.95. The Hall–Kier alpha value is -2.13. The van der Waals surface area contributed by atoms with Gasteiger partial charge in [0.1, 0.15) is 5.01 Å². The number of hydrogen-bond acceptors (Lipinski definition) is 3. The van der Waals surface area contributed by atoms with Crippen molar-refractivity contribution in [3.8, 4) is 27.6 Å². The number of hydrogen-bond donors (Lipinski definition) is 1. The van der Waals surface area contributed by atoms with Gasteiger partial charge in [0.2, 0.25) is 5.88 Å². The predicted molar refractivity (Wildman–Crippen MR) is 79.4 cm³/mol. The van der Waals surface area contributed by atoms with E-state index in [2.05, 4.69) is 29.2 Å². The number of aromatic nitrogens is 1. The van der Waals surface area contributed by atoms with E-state index >= 15 is 0 Å². The molecular weight excluding hydrogens is 254 g/mol. The highest BCUT2D eigenvalue weighted by atomic mass is 32.1. The van der Waals surface area contributed by atoms with Gasteiger partial charge in [0.05, 0.1) is 4.88 Å². The van der Waals surface area contributed by atoms with Crippen molar-refractivity contribution in [3.63, 3.8) is 0 Å². The van der Waals surface area contributed by atoms with Crippen molar-refractivity contribution >= 4 is 11.3 Å². The first-order chi connectivity index (χ1) is 9.24. The standard InChI is InChI=1S/C16H13NOS/c1-11-15(18)17-16(19-11)14-9-7-13(8-10-14)12-5-3-2-4-6-12/h2-10,18H,1H3. The van der Waals surface area contributed by atoms with Gasteiger partial charge < -0.3 is 5.11 Å². The first-order valence-corrected chi connectivity index (χ1v) is 6.88. The molecule has 1 heterocycles. The van der Waals surface area contributed by atoms with Crippen LogP contribution >= 0.6 is 11.3 Å². The number of aryl methyl sites for hydroxylation is 1. The van der Waals surface area contributed by atoms with Gasteiger partial charge in [-0.25, -0.2) is 4.98 Å². The van der Waals surface area contributed by atoms with Crippen LogP contribution < -0.4 is 0 Å². The van der Waals surface area contributed by atoms with Gasteiger partial charge in [-0.2, -0.15) is 0 Å². The molecule has 1 aromatic heterocycles. The molecule has 0 spiro atoms. The fourth-order valence-corrected chi connectivity index (χ4v) is 2.76. The third-order valence-electron chi connectivity index (χ3n) is 3.01. The maximum atomic E-state index is 9.53. The molecule has 0 fully saturated rings. The molecule has 0 bridgehead atoms. The summed E-state index contributed by atoms with van der Waals surface area (Å²) >= 11 is 1.51. The first kappa shape index (κ1) is 11.9. The smallest absolute Gasteiger partial charge is 0.225 e. The summed E-state index contributed by atoms with van der Waals surface area (Å²) in [5, 5.41) is 10.4. The van der Waals surface area contributed by atoms with Gasteiger partial charge in [-0.05, 0) is 18.1 Å². The molecule has 0 aliphatic carbocycles. The minimum atomic E-state index is 0.132. The van der Waals surface area contributed by atoms with Gasteiger partial charge in [-0.1, -0.05) is 54.6 Å². The van der Waals surface area contributed by atoms with E-state index in [0.717, 1.165) is 15.4 Å². The highest BCUT2D eigenvalue weighted by Gasteiger charge is 2.08. The Morgan fingerprint density at radius 2 is 1.42 bits per heavy atom. The Bertz CT molecular complexity index is 667. The Labute approximate surface area is 116 Å². The zero-order valence-electron chi connectivity index (χ0n) is 10.5. The van der Waals surface area contributed by atoms with Crippen LogP contribution in [0.5, 0.6) is 5.88 Å². The monoisotopic (exact) mass is 267 g/mol. The molecule has 19 heavy (non-hydrogen) atoms. The summed E-state index contributed by atoms with van der Waals surface area (Å²) in [5.41, 5.74) is 3.42. The minimum absolute atomic E-state index is 0.132. The van der Waals surface area contributed by atoms with Crippen molar-refractivity contribution in [2.75, 3.05) is 0 Å². The fraction of sp³-hybridized carbons (Fsp3) is 0.0625. The van der Waals surface area contributed by atoms with Gasteiger partial charge in [0.15, 0.2) is 0 Å². The number of thiazole rings is 1. The van der Waals surface area contributed by atoms with Gasteiger partial charge in [-0.15, -0.1) is 11.3 Å². The lowest BCUT2D eigenvalue weighted by molar-refractivity contribution is 0.454. The van der Waals surface area contributed by atoms with Crippen molar-refractivity contribution in [3.05, 3.63) is 59.5 Å². The van der Waals surface area contributed by atoms with Crippen molar-refractivity contribution in [1.82, 2.24) is 4.98 Å². The second-order valence-corrected chi connectivity index (χ2v) is 5.55. The predicted octanol–water partition coefficient (Wildman–Crippen LogP) is 4.49. The highest BCUT2D eigenvalue weighted by Crippen LogP contribution is 2.32. The van der Waals surface area contributed by atoms with Crippen LogP contribution in [0, 0.1) is 6.92 Å². The molecule has 94 valence electrons. The summed E-state index contributed by atoms with van der Waals surface area (Å²) in [6.07, 6.45) is 0. The maximum Gasteiger partial charge on any atom is 0.225 e. The lowest BCUT2D eigenvalue weighted by Crippen LogP contribution is -1.79. The van der Waals surface area contributed by atoms with E-state index < -0.39 is 0 Å². The summed E-state index contributed by atoms with van der Waals surface area (Å²) in [5.74, 6) is 0.132. The van der Waals surface area contributed by atoms with E-state index in [1.807, 2.05) is 37.3 Å². The van der Waals surface area contributed by atoms with Gasteiger partial charge in [0, 0.05) is 5.56 Å². The molecule has 0 amide bonds. The fourth-order valence-electron chi connectivity index (χ4n) is 1.95. The lowest BCUT2D eigenvalue weighted by Gasteiger charge is -2.02. The quantitative estimate of drug-likeness (QED) is 0.742. The molecule has 2 aromatic carbocycles. The zero-order chi connectivity index (χ0) is 13.2. The minimum Gasteiger partial charge on any atom is -0.492 e. The maximum absolute atomic E-state index is 9.53. The third kappa shape index (κ3) is 2.37. The van der Waals surface area contributed by atoms with Crippen molar-refractivity contribution in [1.29, 1.82) is 0 Å². The summed E-state index contributed by atoms with van der Waals surface area (Å²) in [6, 6.07) is 18.5. The van der Waals surface area contributed by atoms with Crippen LogP contribution in [0.3, 0.4) is 0 Å². The lowest BCUT2D eigenvalue weighted by atomic mass is 10.0. The van der Waals surface area contributed by atoms with Crippen LogP contribution in [-0.2, 0) is 0 Å². The summed E-state index contributed by atoms with van der Waals surface area (Å²) in [4.78, 5) is 5.01. The molecule has 0 aliphatic rings. The van der Waals surface area contributed by atoms with Crippen LogP contribution in [0.4, 0.5) is 0 Å². The number of aromatic hydroxyl groups is 1. The van der Waals surface area contributed by atoms with E-state index in [-0.39, 0.29) is 5.88 Å². The summed E-state index contributed by atoms with van der Waals surface area (Å²) in [7, 11) is 0. The number of benzene rings is 2. The normalized spacial score (nSPS) is 10.6. The average molecular weight is 267 g/mol. The molecule has 0 radical (unpaired) electrons. The van der Waals surface area contributed by atoms with Crippen LogP contribution in [0.2, 0.25) is 0 Å². The Kier molecular flexibility index (Phi) is 3.05. The molecule has 0 unspecified atom stereocenters. The van der Waals surface area contributed by atoms with E-state index in [9.17, 15) is 5.11 Å². The topological polar surface area (TPSA) is 33.1 Å². The van der Waals surface area contributed by atoms with Gasteiger partial charge in [-0.3, -0.25) is 0 Å². The second-order valence-electron chi connectivity index (χ2n) is 4.34. The third-order valence-corrected chi connectivity index (χ3v) is 4.02. The molecule has 1 N–H and O–H groups in total. The molecule has 0 saturated carbocycles. The summed E-state index contributed by atoms with van der Waals surface area (Å²) < 4.78 is 0. The molecule has 3 aromatic rings. The number of nitrogens with zero attached hydrogens (tertiary/aromatic N) is 1. The average Bonchev–Trinajstić information content (AvgIpc) is 2.80. The molecule has 2 nitrogen and oxygen atoms in total. The number of rotatable bonds is 2. The SMILES string of the molecule is Cc1sc(-c2ccc(-c3ccccc3)cc2)nc1O. The van der Waals surface area contributed by atoms with Crippen LogP contribution in [0.25, 0.3) is 21.7 Å². The molecule has 3 heteroatoms. The van der Waals surface area contributed by atoms with Crippen molar-refractivity contribution in [2.24, 2.45) is 0 Å². The van der Waals surface area contributed by atoms with E-state index in [1.165, 1.54) is 22.5 Å². The molecular formula is C16H13NOS. The van der Waals surface area contributed by atoms with Crippen LogP contribution in [0.1, 0.15) is 4.88 Å². The van der Waals surface area contributed by atoms with E-state index in [0.29, 0.717) is 0 Å². The van der Waals surface area contributed by atoms with Gasteiger partial charge >= 0.3 is 0 Å². The Morgan fingerprint density at radius 3 is 2.00 bits per heavy atom. The van der Waals surface area contributed by atoms with Crippen LogP contribution in [-0.4, -0.2) is 10.1 Å². The Morgan fingerprint density at radius 1 is 0.842 bits per heavy atom. The molecule has 0 aliphatic heterocycles. The highest BCUT2D eigenvalue weighted by molar-refractivity contribution is 7.15.